The van der Waals surface area contributed by atoms with Crippen molar-refractivity contribution in [2.45, 2.75) is 103 Å². The lowest BCUT2D eigenvalue weighted by Gasteiger charge is -2.60. The van der Waals surface area contributed by atoms with Crippen molar-refractivity contribution in [2.24, 2.45) is 17.8 Å². The molecule has 2 aromatic rings. The molecule has 2 aliphatic heterocycles. The lowest BCUT2D eigenvalue weighted by molar-refractivity contribution is 0.198. The van der Waals surface area contributed by atoms with Gasteiger partial charge in [-0.05, 0) is 73.5 Å². The topological polar surface area (TPSA) is 57.4 Å². The van der Waals surface area contributed by atoms with Crippen LogP contribution in [-0.4, -0.2) is 27.2 Å². The molecule has 3 fully saturated rings. The van der Waals surface area contributed by atoms with Crippen molar-refractivity contribution in [2.75, 3.05) is 0 Å². The molecule has 2 saturated heterocycles. The number of H-pyrrole nitrogens is 2. The molecule has 1 saturated carbocycles. The summed E-state index contributed by atoms with van der Waals surface area (Å²) >= 11 is 0. The van der Waals surface area contributed by atoms with Crippen LogP contribution < -0.4 is 0 Å². The van der Waals surface area contributed by atoms with E-state index in [4.69, 9.17) is 0 Å². The molecule has 4 aliphatic rings. The summed E-state index contributed by atoms with van der Waals surface area (Å²) in [6.45, 7) is 16.1. The fourth-order valence-electron chi connectivity index (χ4n) is 7.44. The van der Waals surface area contributed by atoms with Gasteiger partial charge in [-0.2, -0.15) is 0 Å². The van der Waals surface area contributed by atoms with E-state index in [9.17, 15) is 0 Å². The van der Waals surface area contributed by atoms with Crippen LogP contribution in [-0.2, 0) is 17.2 Å². The van der Waals surface area contributed by atoms with Crippen LogP contribution >= 0.6 is 0 Å². The highest BCUT2D eigenvalue weighted by atomic mass is 14.9. The van der Waals surface area contributed by atoms with Crippen LogP contribution in [0.4, 0.5) is 0 Å². The average Bonchev–Trinajstić information content (AvgIpc) is 3.48. The first-order chi connectivity index (χ1) is 16.2. The van der Waals surface area contributed by atoms with Gasteiger partial charge >= 0.3 is 0 Å². The summed E-state index contributed by atoms with van der Waals surface area (Å²) in [7, 11) is 2.77. The molecular weight excluding hydrogens is 415 g/mol. The molecule has 0 spiro atoms. The van der Waals surface area contributed by atoms with Gasteiger partial charge in [-0.1, -0.05) is 58.8 Å². The largest absolute Gasteiger partial charge is 0.346 e. The van der Waals surface area contributed by atoms with Crippen LogP contribution in [0.25, 0.3) is 0 Å². The first kappa shape index (κ1) is 23.7. The maximum atomic E-state index is 4.67. The molecule has 2 N–H and O–H groups in total. The van der Waals surface area contributed by atoms with E-state index in [1.807, 2.05) is 13.1 Å². The summed E-state index contributed by atoms with van der Waals surface area (Å²) < 4.78 is 0. The van der Waals surface area contributed by atoms with Crippen molar-refractivity contribution in [3.63, 3.8) is 0 Å². The Kier molecular flexibility index (Phi) is 5.77. The Morgan fingerprint density at radius 2 is 1.97 bits per heavy atom. The minimum Gasteiger partial charge on any atom is -0.346 e. The number of allylic oxidation sites excluding steroid dienone is 4. The third kappa shape index (κ3) is 3.48. The monoisotopic (exact) mass is 457 g/mol. The highest BCUT2D eigenvalue weighted by Crippen LogP contribution is 2.71. The molecule has 2 aliphatic carbocycles. The van der Waals surface area contributed by atoms with E-state index >= 15 is 0 Å². The van der Waals surface area contributed by atoms with Crippen LogP contribution in [0.3, 0.4) is 0 Å². The number of hydrogen-bond acceptors (Lipinski definition) is 2. The molecule has 2 bridgehead atoms. The summed E-state index contributed by atoms with van der Waals surface area (Å²) in [5.41, 5.74) is 5.76. The van der Waals surface area contributed by atoms with Crippen LogP contribution in [0.2, 0.25) is 5.31 Å². The maximum Gasteiger partial charge on any atom is 0.135 e. The van der Waals surface area contributed by atoms with E-state index in [1.165, 1.54) is 37.1 Å². The Hall–Kier alpha value is -2.04. The lowest BCUT2D eigenvalue weighted by atomic mass is 9.19. The molecule has 6 rings (SSSR count). The first-order valence-corrected chi connectivity index (χ1v) is 13.5. The van der Waals surface area contributed by atoms with Crippen molar-refractivity contribution in [1.29, 1.82) is 0 Å². The van der Waals surface area contributed by atoms with Crippen molar-refractivity contribution < 1.29 is 0 Å². The van der Waals surface area contributed by atoms with E-state index in [2.05, 4.69) is 87.1 Å². The number of hydrogen-bond donors (Lipinski definition) is 2. The standard InChI is InChI=1S/C29H42BN4/c1-8-25-32-16-24(34-25)28-13-10-21-14-19(5)22(26(21)29(17-28,30-28)18(3)4)11-12-27(7,9-2)23-15-31-20(6)33-23/h11-12,15-16,18,21,26H,8-10,13-14,17H2,1-7H3,(H,31,33)(H,32,34). The van der Waals surface area contributed by atoms with Crippen molar-refractivity contribution in [3.8, 4) is 0 Å². The quantitative estimate of drug-likeness (QED) is 0.450. The van der Waals surface area contributed by atoms with Crippen LogP contribution in [0.15, 0.2) is 35.7 Å². The first-order valence-electron chi connectivity index (χ1n) is 13.5. The predicted octanol–water partition coefficient (Wildman–Crippen LogP) is 6.79. The number of nitrogens with zero attached hydrogens (tertiary/aromatic N) is 2. The normalized spacial score (nSPS) is 32.5. The van der Waals surface area contributed by atoms with Crippen molar-refractivity contribution in [3.05, 3.63) is 58.7 Å². The van der Waals surface area contributed by atoms with Gasteiger partial charge in [0.15, 0.2) is 0 Å². The molecule has 181 valence electrons. The summed E-state index contributed by atoms with van der Waals surface area (Å²) in [5, 5.41) is 0.451. The minimum atomic E-state index is -0.0259. The molecule has 1 radical (unpaired) electrons. The Labute approximate surface area is 206 Å². The molecular formula is C29H42BN4. The van der Waals surface area contributed by atoms with Gasteiger partial charge in [0.1, 0.15) is 18.9 Å². The Morgan fingerprint density at radius 3 is 2.56 bits per heavy atom. The van der Waals surface area contributed by atoms with Gasteiger partial charge in [0, 0.05) is 35.6 Å². The average molecular weight is 457 g/mol. The number of fused-ring (bicyclic) bond motifs is 1. The number of rotatable bonds is 7. The fraction of sp³-hybridized carbons (Fsp3) is 0.655. The second-order valence-electron chi connectivity index (χ2n) is 12.0. The highest BCUT2D eigenvalue weighted by molar-refractivity contribution is 6.49. The minimum absolute atomic E-state index is 0.0259. The van der Waals surface area contributed by atoms with Gasteiger partial charge in [-0.15, -0.1) is 0 Å². The second kappa shape index (κ2) is 8.27. The zero-order valence-electron chi connectivity index (χ0n) is 22.3. The summed E-state index contributed by atoms with van der Waals surface area (Å²) in [5.74, 6) is 4.11. The number of imidazole rings is 2. The number of nitrogens with one attached hydrogen (secondary N) is 2. The van der Waals surface area contributed by atoms with Gasteiger partial charge in [-0.3, -0.25) is 0 Å². The van der Waals surface area contributed by atoms with E-state index in [0.717, 1.165) is 30.4 Å². The fourth-order valence-corrected chi connectivity index (χ4v) is 7.44. The highest BCUT2D eigenvalue weighted by Gasteiger charge is 2.65. The second-order valence-corrected chi connectivity index (χ2v) is 12.0. The van der Waals surface area contributed by atoms with E-state index in [0.29, 0.717) is 11.8 Å². The smallest absolute Gasteiger partial charge is 0.135 e. The molecule has 4 nitrogen and oxygen atoms in total. The predicted molar refractivity (Wildman–Crippen MR) is 141 cm³/mol. The summed E-state index contributed by atoms with van der Waals surface area (Å²) in [4.78, 5) is 16.3. The zero-order chi connectivity index (χ0) is 24.3. The SMILES string of the molecule is CCc1ncc(C23[B]C(C(C)C)(C2)C2C(C=CC(C)(CC)c4cnc(C)[nH]4)=C(C)CC2CC3)[nH]1. The number of aromatic amines is 2. The van der Waals surface area contributed by atoms with Gasteiger partial charge < -0.3 is 9.97 Å². The van der Waals surface area contributed by atoms with Gasteiger partial charge in [0.2, 0.25) is 0 Å². The van der Waals surface area contributed by atoms with Crippen LogP contribution in [0.1, 0.15) is 96.7 Å². The molecule has 0 aromatic carbocycles. The van der Waals surface area contributed by atoms with Crippen LogP contribution in [0, 0.1) is 24.7 Å². The maximum absolute atomic E-state index is 4.67. The van der Waals surface area contributed by atoms with Gasteiger partial charge in [0.05, 0.1) is 0 Å². The summed E-state index contributed by atoms with van der Waals surface area (Å²) in [6, 6.07) is 0. The molecule has 5 atom stereocenters. The third-order valence-corrected chi connectivity index (χ3v) is 9.83. The molecule has 34 heavy (non-hydrogen) atoms. The van der Waals surface area contributed by atoms with E-state index in [1.54, 1.807) is 11.1 Å². The molecule has 5 unspecified atom stereocenters. The molecule has 2 aromatic heterocycles. The summed E-state index contributed by atoms with van der Waals surface area (Å²) in [6.07, 6.45) is 16.2. The lowest BCUT2D eigenvalue weighted by Crippen LogP contribution is -2.58. The van der Waals surface area contributed by atoms with Crippen molar-refractivity contribution in [1.82, 2.24) is 19.9 Å². The Morgan fingerprint density at radius 1 is 1.21 bits per heavy atom. The number of aryl methyl sites for hydroxylation is 2. The van der Waals surface area contributed by atoms with Crippen LogP contribution in [0.5, 0.6) is 0 Å². The zero-order valence-corrected chi connectivity index (χ0v) is 22.3. The third-order valence-electron chi connectivity index (χ3n) is 9.83. The Balaban J connectivity index is 1.48. The van der Waals surface area contributed by atoms with Gasteiger partial charge in [0.25, 0.3) is 0 Å². The molecule has 4 heterocycles. The van der Waals surface area contributed by atoms with Crippen molar-refractivity contribution >= 4 is 7.28 Å². The Bertz CT molecular complexity index is 1110. The van der Waals surface area contributed by atoms with E-state index < -0.39 is 0 Å². The molecule has 0 amide bonds. The molecule has 5 heteroatoms. The number of aromatic nitrogens is 4. The van der Waals surface area contributed by atoms with Gasteiger partial charge in [-0.25, -0.2) is 9.97 Å². The van der Waals surface area contributed by atoms with E-state index in [-0.39, 0.29) is 16.0 Å².